The molecule has 1 amide bonds. The van der Waals surface area contributed by atoms with Crippen molar-refractivity contribution in [3.05, 3.63) is 40.8 Å². The molecule has 0 atom stereocenters. The Kier molecular flexibility index (Phi) is 4.07. The molecule has 0 aromatic carbocycles. The van der Waals surface area contributed by atoms with E-state index in [1.807, 2.05) is 40.3 Å². The summed E-state index contributed by atoms with van der Waals surface area (Å²) in [6.45, 7) is 2.35. The third kappa shape index (κ3) is 2.73. The van der Waals surface area contributed by atoms with Crippen molar-refractivity contribution in [1.29, 1.82) is 0 Å². The highest BCUT2D eigenvalue weighted by atomic mass is 32.1. The minimum atomic E-state index is -0.541. The van der Waals surface area contributed by atoms with E-state index >= 15 is 0 Å². The minimum absolute atomic E-state index is 0.154. The van der Waals surface area contributed by atoms with Gasteiger partial charge in [-0.1, -0.05) is 6.07 Å². The van der Waals surface area contributed by atoms with Crippen LogP contribution in [0.15, 0.2) is 36.0 Å². The highest BCUT2D eigenvalue weighted by molar-refractivity contribution is 7.09. The van der Waals surface area contributed by atoms with Gasteiger partial charge in [-0.3, -0.25) is 9.48 Å². The van der Waals surface area contributed by atoms with E-state index in [4.69, 9.17) is 0 Å². The van der Waals surface area contributed by atoms with Gasteiger partial charge in [-0.15, -0.1) is 11.3 Å². The molecule has 1 saturated heterocycles. The van der Waals surface area contributed by atoms with Crippen LogP contribution in [0.2, 0.25) is 0 Å². The van der Waals surface area contributed by atoms with Gasteiger partial charge in [0.15, 0.2) is 0 Å². The van der Waals surface area contributed by atoms with E-state index in [-0.39, 0.29) is 5.91 Å². The number of hydrogen-bond acceptors (Lipinski definition) is 4. The summed E-state index contributed by atoms with van der Waals surface area (Å²) in [5.74, 6) is 0.154. The molecule has 0 spiro atoms. The van der Waals surface area contributed by atoms with Crippen molar-refractivity contribution in [2.45, 2.75) is 24.9 Å². The third-order valence-corrected chi connectivity index (χ3v) is 4.95. The highest BCUT2D eigenvalue weighted by Gasteiger charge is 2.43. The maximum absolute atomic E-state index is 13.1. The summed E-state index contributed by atoms with van der Waals surface area (Å²) < 4.78 is 1.85. The first kappa shape index (κ1) is 14.3. The highest BCUT2D eigenvalue weighted by Crippen LogP contribution is 2.29. The van der Waals surface area contributed by atoms with Gasteiger partial charge in [0.25, 0.3) is 5.91 Å². The SMILES string of the molecule is CN(Cc1cccs1)C(=O)C1(n2cccn2)CCNCC1. The van der Waals surface area contributed by atoms with Gasteiger partial charge < -0.3 is 10.2 Å². The summed E-state index contributed by atoms with van der Waals surface area (Å²) >= 11 is 1.68. The summed E-state index contributed by atoms with van der Waals surface area (Å²) in [6.07, 6.45) is 5.21. The second-order valence-electron chi connectivity index (χ2n) is 5.47. The van der Waals surface area contributed by atoms with Crippen molar-refractivity contribution < 1.29 is 4.79 Å². The molecule has 5 nitrogen and oxygen atoms in total. The lowest BCUT2D eigenvalue weighted by Gasteiger charge is -2.39. The molecule has 1 aliphatic rings. The Morgan fingerprint density at radius 2 is 2.29 bits per heavy atom. The molecular formula is C15H20N4OS. The largest absolute Gasteiger partial charge is 0.339 e. The van der Waals surface area contributed by atoms with Crippen molar-refractivity contribution in [1.82, 2.24) is 20.0 Å². The number of rotatable bonds is 4. The predicted molar refractivity (Wildman–Crippen MR) is 83.1 cm³/mol. The number of hydrogen-bond donors (Lipinski definition) is 1. The normalized spacial score (nSPS) is 17.6. The number of carbonyl (C=O) groups is 1. The molecule has 1 N–H and O–H groups in total. The van der Waals surface area contributed by atoms with Crippen molar-refractivity contribution in [2.24, 2.45) is 0 Å². The van der Waals surface area contributed by atoms with Crippen LogP contribution in [-0.4, -0.2) is 40.7 Å². The van der Waals surface area contributed by atoms with Gasteiger partial charge >= 0.3 is 0 Å². The molecule has 6 heteroatoms. The lowest BCUT2D eigenvalue weighted by Crippen LogP contribution is -2.54. The molecule has 1 fully saturated rings. The van der Waals surface area contributed by atoms with E-state index in [2.05, 4.69) is 16.5 Å². The quantitative estimate of drug-likeness (QED) is 0.935. The van der Waals surface area contributed by atoms with E-state index in [1.165, 1.54) is 4.88 Å². The number of thiophene rings is 1. The third-order valence-electron chi connectivity index (χ3n) is 4.09. The van der Waals surface area contributed by atoms with Crippen LogP contribution >= 0.6 is 11.3 Å². The van der Waals surface area contributed by atoms with Crippen molar-refractivity contribution in [2.75, 3.05) is 20.1 Å². The molecule has 2 aromatic heterocycles. The van der Waals surface area contributed by atoms with E-state index in [0.717, 1.165) is 25.9 Å². The zero-order valence-electron chi connectivity index (χ0n) is 12.2. The molecule has 0 aliphatic carbocycles. The van der Waals surface area contributed by atoms with Crippen LogP contribution in [0.4, 0.5) is 0 Å². The number of amides is 1. The number of carbonyl (C=O) groups excluding carboxylic acids is 1. The standard InChI is InChI=1S/C15H20N4OS/c1-18(12-13-4-2-11-21-13)14(20)15(5-8-16-9-6-15)19-10-3-7-17-19/h2-4,7,10-11,16H,5-6,8-9,12H2,1H3. The fourth-order valence-corrected chi connectivity index (χ4v) is 3.72. The molecule has 21 heavy (non-hydrogen) atoms. The second kappa shape index (κ2) is 5.99. The van der Waals surface area contributed by atoms with Crippen LogP contribution in [0, 0.1) is 0 Å². The average Bonchev–Trinajstić information content (AvgIpc) is 3.20. The number of likely N-dealkylation sites (N-methyl/N-ethyl adjacent to an activating group) is 1. The number of nitrogens with zero attached hydrogens (tertiary/aromatic N) is 3. The maximum Gasteiger partial charge on any atom is 0.250 e. The van der Waals surface area contributed by atoms with E-state index in [0.29, 0.717) is 6.54 Å². The van der Waals surface area contributed by atoms with Crippen LogP contribution in [0.1, 0.15) is 17.7 Å². The summed E-state index contributed by atoms with van der Waals surface area (Å²) in [5, 5.41) is 9.73. The summed E-state index contributed by atoms with van der Waals surface area (Å²) in [6, 6.07) is 5.97. The van der Waals surface area contributed by atoms with E-state index < -0.39 is 5.54 Å². The van der Waals surface area contributed by atoms with Gasteiger partial charge in [-0.2, -0.15) is 5.10 Å². The Balaban J connectivity index is 1.84. The first-order valence-electron chi connectivity index (χ1n) is 7.21. The molecule has 3 heterocycles. The Hall–Kier alpha value is -1.66. The van der Waals surface area contributed by atoms with Crippen LogP contribution < -0.4 is 5.32 Å². The Morgan fingerprint density at radius 1 is 1.48 bits per heavy atom. The Bertz CT molecular complexity index is 573. The lowest BCUT2D eigenvalue weighted by atomic mass is 9.87. The van der Waals surface area contributed by atoms with Crippen molar-refractivity contribution in [3.8, 4) is 0 Å². The predicted octanol–water partition coefficient (Wildman–Crippen LogP) is 1.68. The molecule has 0 unspecified atom stereocenters. The summed E-state index contributed by atoms with van der Waals surface area (Å²) in [4.78, 5) is 16.1. The summed E-state index contributed by atoms with van der Waals surface area (Å²) in [5.41, 5.74) is -0.541. The zero-order chi connectivity index (χ0) is 14.7. The molecule has 112 valence electrons. The molecule has 1 aliphatic heterocycles. The van der Waals surface area contributed by atoms with E-state index in [9.17, 15) is 4.79 Å². The van der Waals surface area contributed by atoms with Gasteiger partial charge in [0.05, 0.1) is 6.54 Å². The minimum Gasteiger partial charge on any atom is -0.339 e. The fourth-order valence-electron chi connectivity index (χ4n) is 2.97. The van der Waals surface area contributed by atoms with E-state index in [1.54, 1.807) is 17.5 Å². The smallest absolute Gasteiger partial charge is 0.250 e. The lowest BCUT2D eigenvalue weighted by molar-refractivity contribution is -0.142. The van der Waals surface area contributed by atoms with Crippen molar-refractivity contribution >= 4 is 17.2 Å². The van der Waals surface area contributed by atoms with Crippen LogP contribution in [0.25, 0.3) is 0 Å². The van der Waals surface area contributed by atoms with Crippen LogP contribution in [0.5, 0.6) is 0 Å². The van der Waals surface area contributed by atoms with Crippen molar-refractivity contribution in [3.63, 3.8) is 0 Å². The molecule has 0 saturated carbocycles. The molecule has 0 radical (unpaired) electrons. The first-order valence-corrected chi connectivity index (χ1v) is 8.09. The van der Waals surface area contributed by atoms with Crippen LogP contribution in [0.3, 0.4) is 0 Å². The topological polar surface area (TPSA) is 50.2 Å². The molecule has 0 bridgehead atoms. The van der Waals surface area contributed by atoms with Crippen LogP contribution in [-0.2, 0) is 16.9 Å². The Morgan fingerprint density at radius 3 is 2.90 bits per heavy atom. The number of piperidine rings is 1. The van der Waals surface area contributed by atoms with Gasteiger partial charge in [0, 0.05) is 24.3 Å². The monoisotopic (exact) mass is 304 g/mol. The Labute approximate surface area is 128 Å². The number of nitrogens with one attached hydrogen (secondary N) is 1. The first-order chi connectivity index (χ1) is 10.2. The molecule has 3 rings (SSSR count). The summed E-state index contributed by atoms with van der Waals surface area (Å²) in [7, 11) is 1.88. The van der Waals surface area contributed by atoms with Gasteiger partial charge in [0.2, 0.25) is 0 Å². The number of aromatic nitrogens is 2. The maximum atomic E-state index is 13.1. The van der Waals surface area contributed by atoms with Gasteiger partial charge in [0.1, 0.15) is 5.54 Å². The second-order valence-corrected chi connectivity index (χ2v) is 6.51. The van der Waals surface area contributed by atoms with Gasteiger partial charge in [-0.05, 0) is 43.4 Å². The molecule has 2 aromatic rings. The zero-order valence-corrected chi connectivity index (χ0v) is 13.0. The average molecular weight is 304 g/mol. The fraction of sp³-hybridized carbons (Fsp3) is 0.467. The van der Waals surface area contributed by atoms with Gasteiger partial charge in [-0.25, -0.2) is 0 Å². The molecular weight excluding hydrogens is 284 g/mol.